The van der Waals surface area contributed by atoms with Crippen molar-refractivity contribution in [2.75, 3.05) is 0 Å². The van der Waals surface area contributed by atoms with E-state index in [0.717, 1.165) is 0 Å². The highest BCUT2D eigenvalue weighted by Crippen LogP contribution is 2.11. The molecule has 2 amide bonds. The first kappa shape index (κ1) is 10.5. The number of nitrogens with zero attached hydrogens (tertiary/aromatic N) is 1. The van der Waals surface area contributed by atoms with Crippen LogP contribution in [0.3, 0.4) is 0 Å². The first-order valence-corrected chi connectivity index (χ1v) is 4.16. The molecule has 0 radical (unpaired) electrons. The van der Waals surface area contributed by atoms with Gasteiger partial charge in [0, 0.05) is 10.6 Å². The standard InChI is InChI=1S/C8H9ClN4O/c9-7-4-2-1-3-6(7)5-11-13-8(14)12-10/h1-5H,10H2,(H2,12,13,14)/b11-5-. The second kappa shape index (κ2) is 5.21. The normalized spacial score (nSPS) is 10.1. The van der Waals surface area contributed by atoms with Crippen LogP contribution in [0.2, 0.25) is 5.02 Å². The molecule has 0 heterocycles. The molecule has 1 aromatic rings. The molecule has 14 heavy (non-hydrogen) atoms. The van der Waals surface area contributed by atoms with Gasteiger partial charge >= 0.3 is 6.03 Å². The number of nitrogens with two attached hydrogens (primary N) is 1. The molecule has 0 saturated heterocycles. The van der Waals surface area contributed by atoms with Crippen molar-refractivity contribution in [2.45, 2.75) is 0 Å². The summed E-state index contributed by atoms with van der Waals surface area (Å²) < 4.78 is 0. The molecule has 0 bridgehead atoms. The van der Waals surface area contributed by atoms with Crippen LogP contribution in [-0.4, -0.2) is 12.2 Å². The number of hydrazone groups is 1. The zero-order valence-electron chi connectivity index (χ0n) is 7.20. The summed E-state index contributed by atoms with van der Waals surface area (Å²) in [7, 11) is 0. The first-order valence-electron chi connectivity index (χ1n) is 3.78. The van der Waals surface area contributed by atoms with Crippen LogP contribution in [0.25, 0.3) is 0 Å². The number of halogens is 1. The van der Waals surface area contributed by atoms with Crippen molar-refractivity contribution in [2.24, 2.45) is 10.9 Å². The van der Waals surface area contributed by atoms with Gasteiger partial charge in [-0.2, -0.15) is 5.10 Å². The SMILES string of the molecule is NNC(=O)N/N=C\c1ccccc1Cl. The van der Waals surface area contributed by atoms with Gasteiger partial charge in [0.25, 0.3) is 0 Å². The van der Waals surface area contributed by atoms with Crippen molar-refractivity contribution < 1.29 is 4.79 Å². The minimum Gasteiger partial charge on any atom is -0.274 e. The van der Waals surface area contributed by atoms with Crippen LogP contribution in [-0.2, 0) is 0 Å². The Morgan fingerprint density at radius 3 is 2.86 bits per heavy atom. The average molecular weight is 213 g/mol. The van der Waals surface area contributed by atoms with E-state index in [0.29, 0.717) is 10.6 Å². The molecule has 6 heteroatoms. The summed E-state index contributed by atoms with van der Waals surface area (Å²) in [6, 6.07) is 6.53. The Labute approximate surface area is 85.9 Å². The number of carbonyl (C=O) groups excluding carboxylic acids is 1. The number of benzene rings is 1. The average Bonchev–Trinajstić information content (AvgIpc) is 2.20. The Bertz CT molecular complexity index is 353. The summed E-state index contributed by atoms with van der Waals surface area (Å²) in [5.74, 6) is 4.82. The van der Waals surface area contributed by atoms with Gasteiger partial charge in [0.05, 0.1) is 6.21 Å². The number of hydrogen-bond donors (Lipinski definition) is 3. The van der Waals surface area contributed by atoms with Gasteiger partial charge in [-0.05, 0) is 6.07 Å². The summed E-state index contributed by atoms with van der Waals surface area (Å²) in [5, 5.41) is 4.18. The first-order chi connectivity index (χ1) is 6.74. The largest absolute Gasteiger partial charge is 0.349 e. The maximum absolute atomic E-state index is 10.6. The zero-order chi connectivity index (χ0) is 10.4. The van der Waals surface area contributed by atoms with Crippen LogP contribution >= 0.6 is 11.6 Å². The Morgan fingerprint density at radius 1 is 1.50 bits per heavy atom. The molecular formula is C8H9ClN4O. The van der Waals surface area contributed by atoms with Gasteiger partial charge in [0.15, 0.2) is 0 Å². The van der Waals surface area contributed by atoms with E-state index in [-0.39, 0.29) is 0 Å². The maximum atomic E-state index is 10.6. The monoisotopic (exact) mass is 212 g/mol. The lowest BCUT2D eigenvalue weighted by molar-refractivity contribution is 0.241. The lowest BCUT2D eigenvalue weighted by Gasteiger charge is -1.97. The van der Waals surface area contributed by atoms with Gasteiger partial charge in [-0.15, -0.1) is 0 Å². The van der Waals surface area contributed by atoms with E-state index in [1.807, 2.05) is 11.5 Å². The van der Waals surface area contributed by atoms with Gasteiger partial charge in [-0.3, -0.25) is 5.43 Å². The fraction of sp³-hybridized carbons (Fsp3) is 0. The van der Waals surface area contributed by atoms with E-state index in [1.54, 1.807) is 18.2 Å². The summed E-state index contributed by atoms with van der Waals surface area (Å²) in [4.78, 5) is 10.6. The number of amides is 2. The predicted molar refractivity (Wildman–Crippen MR) is 54.9 cm³/mol. The maximum Gasteiger partial charge on any atom is 0.349 e. The van der Waals surface area contributed by atoms with E-state index >= 15 is 0 Å². The molecule has 0 aliphatic rings. The van der Waals surface area contributed by atoms with E-state index in [2.05, 4.69) is 10.5 Å². The third kappa shape index (κ3) is 3.04. The van der Waals surface area contributed by atoms with Crippen molar-refractivity contribution in [3.05, 3.63) is 34.9 Å². The van der Waals surface area contributed by atoms with E-state index < -0.39 is 6.03 Å². The Morgan fingerprint density at radius 2 is 2.21 bits per heavy atom. The van der Waals surface area contributed by atoms with Crippen LogP contribution in [0, 0.1) is 0 Å². The van der Waals surface area contributed by atoms with Gasteiger partial charge in [-0.25, -0.2) is 16.1 Å². The molecule has 0 atom stereocenters. The highest BCUT2D eigenvalue weighted by atomic mass is 35.5. The van der Waals surface area contributed by atoms with Crippen LogP contribution in [0.5, 0.6) is 0 Å². The van der Waals surface area contributed by atoms with Gasteiger partial charge < -0.3 is 0 Å². The van der Waals surface area contributed by atoms with Crippen LogP contribution < -0.4 is 16.7 Å². The number of urea groups is 1. The van der Waals surface area contributed by atoms with Crippen LogP contribution in [0.1, 0.15) is 5.56 Å². The topological polar surface area (TPSA) is 79.5 Å². The molecule has 0 fully saturated rings. The third-order valence-electron chi connectivity index (χ3n) is 1.41. The fourth-order valence-electron chi connectivity index (χ4n) is 0.773. The number of hydrazine groups is 1. The number of rotatable bonds is 2. The fourth-order valence-corrected chi connectivity index (χ4v) is 0.957. The second-order valence-corrected chi connectivity index (χ2v) is 2.77. The van der Waals surface area contributed by atoms with Crippen molar-refractivity contribution in [3.63, 3.8) is 0 Å². The molecule has 1 aromatic carbocycles. The summed E-state index contributed by atoms with van der Waals surface area (Å²) in [5.41, 5.74) is 4.73. The van der Waals surface area contributed by atoms with Crippen molar-refractivity contribution >= 4 is 23.8 Å². The Kier molecular flexibility index (Phi) is 3.90. The third-order valence-corrected chi connectivity index (χ3v) is 1.75. The molecule has 74 valence electrons. The summed E-state index contributed by atoms with van der Waals surface area (Å²) in [6.07, 6.45) is 1.43. The van der Waals surface area contributed by atoms with Crippen molar-refractivity contribution in [3.8, 4) is 0 Å². The molecule has 0 aliphatic carbocycles. The number of nitrogens with one attached hydrogen (secondary N) is 2. The summed E-state index contributed by atoms with van der Waals surface area (Å²) >= 11 is 5.83. The smallest absolute Gasteiger partial charge is 0.274 e. The number of hydrogen-bond acceptors (Lipinski definition) is 3. The van der Waals surface area contributed by atoms with Crippen LogP contribution in [0.15, 0.2) is 29.4 Å². The quantitative estimate of drug-likeness (QED) is 0.294. The molecule has 0 saturated carbocycles. The van der Waals surface area contributed by atoms with E-state index in [4.69, 9.17) is 17.4 Å². The van der Waals surface area contributed by atoms with Crippen molar-refractivity contribution in [1.29, 1.82) is 0 Å². The molecule has 0 aliphatic heterocycles. The van der Waals surface area contributed by atoms with Gasteiger partial charge in [0.2, 0.25) is 0 Å². The molecule has 5 nitrogen and oxygen atoms in total. The van der Waals surface area contributed by atoms with E-state index in [1.165, 1.54) is 6.21 Å². The summed E-state index contributed by atoms with van der Waals surface area (Å²) in [6.45, 7) is 0. The predicted octanol–water partition coefficient (Wildman–Crippen LogP) is 0.847. The highest BCUT2D eigenvalue weighted by molar-refractivity contribution is 6.33. The highest BCUT2D eigenvalue weighted by Gasteiger charge is 1.94. The number of carbonyl (C=O) groups is 1. The second-order valence-electron chi connectivity index (χ2n) is 2.36. The lowest BCUT2D eigenvalue weighted by atomic mass is 10.2. The van der Waals surface area contributed by atoms with Gasteiger partial charge in [0.1, 0.15) is 0 Å². The molecular weight excluding hydrogens is 204 g/mol. The van der Waals surface area contributed by atoms with E-state index in [9.17, 15) is 4.79 Å². The Hall–Kier alpha value is -1.59. The molecule has 0 aromatic heterocycles. The lowest BCUT2D eigenvalue weighted by Crippen LogP contribution is -2.37. The molecule has 1 rings (SSSR count). The minimum absolute atomic E-state index is 0.561. The van der Waals surface area contributed by atoms with Crippen LogP contribution in [0.4, 0.5) is 4.79 Å². The molecule has 4 N–H and O–H groups in total. The Balaban J connectivity index is 2.60. The van der Waals surface area contributed by atoms with Crippen molar-refractivity contribution in [1.82, 2.24) is 10.9 Å². The zero-order valence-corrected chi connectivity index (χ0v) is 7.95. The molecule has 0 unspecified atom stereocenters. The minimum atomic E-state index is -0.590. The molecule has 0 spiro atoms. The van der Waals surface area contributed by atoms with Gasteiger partial charge in [-0.1, -0.05) is 29.8 Å².